The van der Waals surface area contributed by atoms with Gasteiger partial charge < -0.3 is 4.90 Å². The molecule has 2 nitrogen and oxygen atoms in total. The third-order valence-electron chi connectivity index (χ3n) is 3.19. The van der Waals surface area contributed by atoms with E-state index in [-0.39, 0.29) is 11.8 Å². The molecule has 1 heterocycles. The quantitative estimate of drug-likeness (QED) is 0.619. The molecule has 0 aliphatic carbocycles. The number of carbonyl (C=O) groups is 1. The van der Waals surface area contributed by atoms with E-state index in [0.717, 1.165) is 31.8 Å². The number of rotatable bonds is 1. The molecule has 1 rings (SSSR count). The van der Waals surface area contributed by atoms with E-state index in [9.17, 15) is 4.79 Å². The molecule has 1 aliphatic rings. The smallest absolute Gasteiger partial charge is 0.237 e. The number of halogens is 1. The first-order valence-electron chi connectivity index (χ1n) is 5.29. The molecule has 1 fully saturated rings. The molecule has 0 aromatic carbocycles. The number of nitrogens with zero attached hydrogens (tertiary/aromatic N) is 1. The Morgan fingerprint density at radius 2 is 1.86 bits per heavy atom. The predicted molar refractivity (Wildman–Crippen MR) is 59.5 cm³/mol. The van der Waals surface area contributed by atoms with Crippen molar-refractivity contribution in [2.45, 2.75) is 33.6 Å². The average molecular weight is 218 g/mol. The summed E-state index contributed by atoms with van der Waals surface area (Å²) in [6.45, 7) is 8.59. The minimum Gasteiger partial charge on any atom is -0.342 e. The van der Waals surface area contributed by atoms with Gasteiger partial charge >= 0.3 is 0 Å². The van der Waals surface area contributed by atoms with Gasteiger partial charge in [0.15, 0.2) is 0 Å². The van der Waals surface area contributed by atoms with Gasteiger partial charge in [-0.15, -0.1) is 11.6 Å². The normalized spacial score (nSPS) is 19.9. The molecule has 0 bridgehead atoms. The maximum absolute atomic E-state index is 11.3. The first-order chi connectivity index (χ1) is 6.45. The van der Waals surface area contributed by atoms with Crippen molar-refractivity contribution in [3.05, 3.63) is 0 Å². The lowest BCUT2D eigenvalue weighted by molar-refractivity contribution is -0.130. The van der Waals surface area contributed by atoms with Crippen molar-refractivity contribution in [2.75, 3.05) is 19.0 Å². The van der Waals surface area contributed by atoms with Crippen LogP contribution in [0.15, 0.2) is 0 Å². The van der Waals surface area contributed by atoms with Crippen LogP contribution in [0.4, 0.5) is 0 Å². The molecule has 14 heavy (non-hydrogen) atoms. The van der Waals surface area contributed by atoms with Crippen LogP contribution in [0.1, 0.15) is 33.6 Å². The van der Waals surface area contributed by atoms with E-state index in [1.165, 1.54) is 0 Å². The molecule has 0 aromatic rings. The van der Waals surface area contributed by atoms with Gasteiger partial charge in [-0.3, -0.25) is 4.79 Å². The SMILES string of the molecule is CC(C)(C)C1CCN(C(=O)CCl)CC1. The van der Waals surface area contributed by atoms with Gasteiger partial charge in [0.25, 0.3) is 0 Å². The van der Waals surface area contributed by atoms with Crippen molar-refractivity contribution in [3.8, 4) is 0 Å². The number of likely N-dealkylation sites (tertiary alicyclic amines) is 1. The number of amides is 1. The van der Waals surface area contributed by atoms with Crippen LogP contribution in [0.25, 0.3) is 0 Å². The number of hydrogen-bond donors (Lipinski definition) is 0. The first-order valence-corrected chi connectivity index (χ1v) is 5.82. The van der Waals surface area contributed by atoms with Gasteiger partial charge in [-0.1, -0.05) is 20.8 Å². The Labute approximate surface area is 91.6 Å². The number of hydrogen-bond acceptors (Lipinski definition) is 1. The van der Waals surface area contributed by atoms with Crippen LogP contribution >= 0.6 is 11.6 Å². The molecule has 0 spiro atoms. The summed E-state index contributed by atoms with van der Waals surface area (Å²) in [5, 5.41) is 0. The zero-order valence-electron chi connectivity index (χ0n) is 9.35. The fraction of sp³-hybridized carbons (Fsp3) is 0.909. The molecule has 1 amide bonds. The second-order valence-electron chi connectivity index (χ2n) is 5.15. The monoisotopic (exact) mass is 217 g/mol. The van der Waals surface area contributed by atoms with E-state index >= 15 is 0 Å². The summed E-state index contributed by atoms with van der Waals surface area (Å²) in [7, 11) is 0. The summed E-state index contributed by atoms with van der Waals surface area (Å²) in [6, 6.07) is 0. The fourth-order valence-electron chi connectivity index (χ4n) is 2.08. The van der Waals surface area contributed by atoms with Gasteiger partial charge in [0.05, 0.1) is 0 Å². The lowest BCUT2D eigenvalue weighted by atomic mass is 9.75. The second-order valence-corrected chi connectivity index (χ2v) is 5.42. The number of carbonyl (C=O) groups excluding carboxylic acids is 1. The second kappa shape index (κ2) is 4.52. The summed E-state index contributed by atoms with van der Waals surface area (Å²) >= 11 is 5.52. The standard InChI is InChI=1S/C11H20ClNO/c1-11(2,3)9-4-6-13(7-5-9)10(14)8-12/h9H,4-8H2,1-3H3. The zero-order valence-corrected chi connectivity index (χ0v) is 10.1. The van der Waals surface area contributed by atoms with E-state index < -0.39 is 0 Å². The highest BCUT2D eigenvalue weighted by Crippen LogP contribution is 2.34. The van der Waals surface area contributed by atoms with Crippen LogP contribution in [-0.4, -0.2) is 29.8 Å². The van der Waals surface area contributed by atoms with Crippen molar-refractivity contribution < 1.29 is 4.79 Å². The fourth-order valence-corrected chi connectivity index (χ4v) is 2.25. The largest absolute Gasteiger partial charge is 0.342 e. The van der Waals surface area contributed by atoms with Crippen molar-refractivity contribution in [3.63, 3.8) is 0 Å². The minimum atomic E-state index is 0.0824. The Bertz CT molecular complexity index is 202. The molecular formula is C11H20ClNO. The van der Waals surface area contributed by atoms with Crippen LogP contribution in [0, 0.1) is 11.3 Å². The Morgan fingerprint density at radius 1 is 1.36 bits per heavy atom. The molecule has 0 aromatic heterocycles. The maximum atomic E-state index is 11.3. The third-order valence-corrected chi connectivity index (χ3v) is 3.42. The van der Waals surface area contributed by atoms with E-state index in [0.29, 0.717) is 5.41 Å². The Morgan fingerprint density at radius 3 is 2.21 bits per heavy atom. The summed E-state index contributed by atoms with van der Waals surface area (Å²) in [6.07, 6.45) is 2.23. The Balaban J connectivity index is 2.43. The van der Waals surface area contributed by atoms with E-state index in [1.807, 2.05) is 4.90 Å². The first kappa shape index (κ1) is 11.8. The molecule has 1 aliphatic heterocycles. The van der Waals surface area contributed by atoms with Crippen LogP contribution in [0.3, 0.4) is 0 Å². The highest BCUT2D eigenvalue weighted by atomic mass is 35.5. The van der Waals surface area contributed by atoms with Gasteiger partial charge in [0, 0.05) is 13.1 Å². The van der Waals surface area contributed by atoms with Gasteiger partial charge in [-0.2, -0.15) is 0 Å². The molecule has 0 unspecified atom stereocenters. The van der Waals surface area contributed by atoms with Gasteiger partial charge in [0.1, 0.15) is 5.88 Å². The highest BCUT2D eigenvalue weighted by molar-refractivity contribution is 6.27. The molecule has 0 saturated carbocycles. The van der Waals surface area contributed by atoms with Crippen molar-refractivity contribution in [1.29, 1.82) is 0 Å². The molecule has 0 radical (unpaired) electrons. The average Bonchev–Trinajstić information content (AvgIpc) is 2.15. The Kier molecular flexibility index (Phi) is 3.82. The molecule has 3 heteroatoms. The molecule has 0 N–H and O–H groups in total. The van der Waals surface area contributed by atoms with Gasteiger partial charge in [0.2, 0.25) is 5.91 Å². The minimum absolute atomic E-state index is 0.0824. The summed E-state index contributed by atoms with van der Waals surface area (Å²) < 4.78 is 0. The van der Waals surface area contributed by atoms with Crippen LogP contribution in [0.5, 0.6) is 0 Å². The van der Waals surface area contributed by atoms with Crippen LogP contribution in [-0.2, 0) is 4.79 Å². The maximum Gasteiger partial charge on any atom is 0.237 e. The number of alkyl halides is 1. The van der Waals surface area contributed by atoms with Crippen molar-refractivity contribution in [2.24, 2.45) is 11.3 Å². The molecule has 0 atom stereocenters. The van der Waals surface area contributed by atoms with Gasteiger partial charge in [-0.25, -0.2) is 0 Å². The zero-order chi connectivity index (χ0) is 10.8. The summed E-state index contributed by atoms with van der Waals surface area (Å²) in [5.74, 6) is 0.945. The van der Waals surface area contributed by atoms with E-state index in [4.69, 9.17) is 11.6 Å². The lowest BCUT2D eigenvalue weighted by Crippen LogP contribution is -2.41. The Hall–Kier alpha value is -0.240. The topological polar surface area (TPSA) is 20.3 Å². The summed E-state index contributed by atoms with van der Waals surface area (Å²) in [4.78, 5) is 13.2. The van der Waals surface area contributed by atoms with E-state index in [2.05, 4.69) is 20.8 Å². The molecular weight excluding hydrogens is 198 g/mol. The lowest BCUT2D eigenvalue weighted by Gasteiger charge is -2.38. The van der Waals surface area contributed by atoms with Crippen LogP contribution in [0.2, 0.25) is 0 Å². The molecule has 1 saturated heterocycles. The van der Waals surface area contributed by atoms with Crippen LogP contribution < -0.4 is 0 Å². The van der Waals surface area contributed by atoms with Crippen molar-refractivity contribution in [1.82, 2.24) is 4.90 Å². The number of piperidine rings is 1. The summed E-state index contributed by atoms with van der Waals surface area (Å²) in [5.41, 5.74) is 0.371. The highest BCUT2D eigenvalue weighted by Gasteiger charge is 2.29. The third kappa shape index (κ3) is 2.88. The van der Waals surface area contributed by atoms with E-state index in [1.54, 1.807) is 0 Å². The predicted octanol–water partition coefficient (Wildman–Crippen LogP) is 2.51. The van der Waals surface area contributed by atoms with Gasteiger partial charge in [-0.05, 0) is 24.2 Å². The molecule has 82 valence electrons. The van der Waals surface area contributed by atoms with Crippen molar-refractivity contribution >= 4 is 17.5 Å².